The van der Waals surface area contributed by atoms with E-state index in [4.69, 9.17) is 11.6 Å². The minimum atomic E-state index is -1.57. The topological polar surface area (TPSA) is 71.2 Å². The predicted molar refractivity (Wildman–Crippen MR) is 86.8 cm³/mol. The zero-order chi connectivity index (χ0) is 16.3. The fourth-order valence-electron chi connectivity index (χ4n) is 2.55. The smallest absolute Gasteiger partial charge is 0.139 e. The van der Waals surface area contributed by atoms with Crippen LogP contribution in [0, 0.1) is 0 Å². The van der Waals surface area contributed by atoms with Gasteiger partial charge in [-0.2, -0.15) is 5.10 Å². The molecular formula is C17H16ClN3O2. The Bertz CT molecular complexity index is 747. The molecule has 2 aromatic carbocycles. The summed E-state index contributed by atoms with van der Waals surface area (Å²) < 4.78 is 1.49. The van der Waals surface area contributed by atoms with Gasteiger partial charge in [0.2, 0.25) is 0 Å². The highest BCUT2D eigenvalue weighted by Gasteiger charge is 2.39. The minimum absolute atomic E-state index is 0.0602. The van der Waals surface area contributed by atoms with Crippen LogP contribution in [0.1, 0.15) is 17.2 Å². The molecule has 0 bridgehead atoms. The molecule has 1 aromatic heterocycles. The number of halogens is 1. The van der Waals surface area contributed by atoms with Crippen molar-refractivity contribution in [3.63, 3.8) is 0 Å². The van der Waals surface area contributed by atoms with Crippen LogP contribution in [0.2, 0.25) is 5.02 Å². The van der Waals surface area contributed by atoms with Gasteiger partial charge in [-0.3, -0.25) is 0 Å². The van der Waals surface area contributed by atoms with Gasteiger partial charge in [0.25, 0.3) is 0 Å². The van der Waals surface area contributed by atoms with Crippen molar-refractivity contribution >= 4 is 11.6 Å². The molecule has 3 aromatic rings. The Balaban J connectivity index is 2.03. The zero-order valence-electron chi connectivity index (χ0n) is 12.2. The highest BCUT2D eigenvalue weighted by Crippen LogP contribution is 2.37. The number of nitrogens with zero attached hydrogens (tertiary/aromatic N) is 3. The number of aliphatic hydroxyl groups is 2. The first-order valence-corrected chi connectivity index (χ1v) is 7.51. The second kappa shape index (κ2) is 6.50. The summed E-state index contributed by atoms with van der Waals surface area (Å²) in [5, 5.41) is 26.7. The molecule has 2 N–H and O–H groups in total. The summed E-state index contributed by atoms with van der Waals surface area (Å²) in [4.78, 5) is 3.88. The molecule has 3 rings (SSSR count). The van der Waals surface area contributed by atoms with Crippen LogP contribution in [0.15, 0.2) is 67.3 Å². The molecule has 118 valence electrons. The van der Waals surface area contributed by atoms with Crippen LogP contribution in [0.5, 0.6) is 0 Å². The first-order valence-electron chi connectivity index (χ1n) is 7.13. The Hall–Kier alpha value is -2.21. The maximum absolute atomic E-state index is 11.3. The summed E-state index contributed by atoms with van der Waals surface area (Å²) in [6.07, 6.45) is 1.75. The molecule has 23 heavy (non-hydrogen) atoms. The van der Waals surface area contributed by atoms with Crippen molar-refractivity contribution in [2.75, 3.05) is 0 Å². The molecular weight excluding hydrogens is 314 g/mol. The van der Waals surface area contributed by atoms with Crippen LogP contribution in [0.3, 0.4) is 0 Å². The van der Waals surface area contributed by atoms with Gasteiger partial charge in [0.1, 0.15) is 24.4 Å². The lowest BCUT2D eigenvalue weighted by atomic mass is 9.84. The number of rotatable bonds is 5. The van der Waals surface area contributed by atoms with Gasteiger partial charge in [-0.15, -0.1) is 0 Å². The van der Waals surface area contributed by atoms with Gasteiger partial charge in [-0.05, 0) is 23.3 Å². The minimum Gasteiger partial charge on any atom is -0.385 e. The van der Waals surface area contributed by atoms with Crippen molar-refractivity contribution in [2.24, 2.45) is 0 Å². The molecule has 6 heteroatoms. The Morgan fingerprint density at radius 2 is 1.78 bits per heavy atom. The zero-order valence-corrected chi connectivity index (χ0v) is 13.0. The third-order valence-electron chi connectivity index (χ3n) is 3.78. The van der Waals surface area contributed by atoms with Gasteiger partial charge in [0, 0.05) is 5.02 Å². The summed E-state index contributed by atoms with van der Waals surface area (Å²) >= 11 is 5.93. The van der Waals surface area contributed by atoms with Crippen LogP contribution in [0.4, 0.5) is 0 Å². The van der Waals surface area contributed by atoms with Gasteiger partial charge in [-0.1, -0.05) is 54.1 Å². The van der Waals surface area contributed by atoms with Crippen molar-refractivity contribution in [1.29, 1.82) is 0 Å². The third-order valence-corrected chi connectivity index (χ3v) is 4.03. The number of hydrogen-bond donors (Lipinski definition) is 2. The molecule has 5 nitrogen and oxygen atoms in total. The molecule has 2 atom stereocenters. The molecule has 0 fully saturated rings. The van der Waals surface area contributed by atoms with E-state index in [1.54, 1.807) is 36.4 Å². The van der Waals surface area contributed by atoms with Gasteiger partial charge < -0.3 is 10.2 Å². The summed E-state index contributed by atoms with van der Waals surface area (Å²) in [5.41, 5.74) is -0.404. The number of benzene rings is 2. The van der Waals surface area contributed by atoms with Crippen molar-refractivity contribution in [3.8, 4) is 0 Å². The molecule has 0 aliphatic rings. The standard InChI is InChI=1S/C17H16ClN3O2/c18-15-8-6-14(7-9-15)17(23,10-21-12-19-11-20-21)16(22)13-4-2-1-3-5-13/h1-9,11-12,16,22-23H,10H2. The van der Waals surface area contributed by atoms with Gasteiger partial charge in [0.15, 0.2) is 0 Å². The lowest BCUT2D eigenvalue weighted by Gasteiger charge is -2.33. The van der Waals surface area contributed by atoms with E-state index >= 15 is 0 Å². The molecule has 1 heterocycles. The third kappa shape index (κ3) is 3.27. The Morgan fingerprint density at radius 3 is 2.39 bits per heavy atom. The molecule has 0 radical (unpaired) electrons. The van der Waals surface area contributed by atoms with E-state index in [0.717, 1.165) is 0 Å². The number of aliphatic hydroxyl groups excluding tert-OH is 1. The molecule has 0 aliphatic carbocycles. The monoisotopic (exact) mass is 329 g/mol. The highest BCUT2D eigenvalue weighted by molar-refractivity contribution is 6.30. The maximum atomic E-state index is 11.3. The fourth-order valence-corrected chi connectivity index (χ4v) is 2.67. The average Bonchev–Trinajstić information content (AvgIpc) is 3.08. The second-order valence-corrected chi connectivity index (χ2v) is 5.77. The Kier molecular flexibility index (Phi) is 4.43. The van der Waals surface area contributed by atoms with E-state index in [-0.39, 0.29) is 6.54 Å². The van der Waals surface area contributed by atoms with Crippen molar-refractivity contribution < 1.29 is 10.2 Å². The molecule has 2 unspecified atom stereocenters. The first-order chi connectivity index (χ1) is 11.1. The van der Waals surface area contributed by atoms with Crippen LogP contribution in [0.25, 0.3) is 0 Å². The van der Waals surface area contributed by atoms with Gasteiger partial charge >= 0.3 is 0 Å². The molecule has 0 amide bonds. The maximum Gasteiger partial charge on any atom is 0.139 e. The molecule has 0 spiro atoms. The number of hydrogen-bond acceptors (Lipinski definition) is 4. The molecule has 0 saturated carbocycles. The molecule has 0 aliphatic heterocycles. The van der Waals surface area contributed by atoms with E-state index in [1.807, 2.05) is 18.2 Å². The van der Waals surface area contributed by atoms with Crippen LogP contribution in [-0.2, 0) is 12.1 Å². The van der Waals surface area contributed by atoms with Crippen molar-refractivity contribution in [1.82, 2.24) is 14.8 Å². The summed E-state index contributed by atoms with van der Waals surface area (Å²) in [7, 11) is 0. The lowest BCUT2D eigenvalue weighted by Crippen LogP contribution is -2.38. The Labute approximate surface area is 138 Å². The van der Waals surface area contributed by atoms with E-state index in [1.165, 1.54) is 17.3 Å². The fraction of sp³-hybridized carbons (Fsp3) is 0.176. The van der Waals surface area contributed by atoms with Gasteiger partial charge in [0.05, 0.1) is 6.54 Å². The summed E-state index contributed by atoms with van der Waals surface area (Å²) in [6.45, 7) is 0.0602. The average molecular weight is 330 g/mol. The SMILES string of the molecule is OC(c1ccccc1)C(O)(Cn1cncn1)c1ccc(Cl)cc1. The summed E-state index contributed by atoms with van der Waals surface area (Å²) in [5.74, 6) is 0. The van der Waals surface area contributed by atoms with Crippen LogP contribution < -0.4 is 0 Å². The van der Waals surface area contributed by atoms with Crippen LogP contribution >= 0.6 is 11.6 Å². The normalized spacial score (nSPS) is 15.1. The predicted octanol–water partition coefficient (Wildman–Crippen LogP) is 2.55. The highest BCUT2D eigenvalue weighted by atomic mass is 35.5. The molecule has 0 saturated heterocycles. The van der Waals surface area contributed by atoms with E-state index in [0.29, 0.717) is 16.1 Å². The Morgan fingerprint density at radius 1 is 1.09 bits per heavy atom. The summed E-state index contributed by atoms with van der Waals surface area (Å²) in [6, 6.07) is 15.8. The second-order valence-electron chi connectivity index (χ2n) is 5.34. The van der Waals surface area contributed by atoms with E-state index in [2.05, 4.69) is 10.1 Å². The van der Waals surface area contributed by atoms with E-state index < -0.39 is 11.7 Å². The van der Waals surface area contributed by atoms with E-state index in [9.17, 15) is 10.2 Å². The lowest BCUT2D eigenvalue weighted by molar-refractivity contribution is -0.0965. The van der Waals surface area contributed by atoms with Crippen LogP contribution in [-0.4, -0.2) is 25.0 Å². The quantitative estimate of drug-likeness (QED) is 0.754. The largest absolute Gasteiger partial charge is 0.385 e. The van der Waals surface area contributed by atoms with Gasteiger partial charge in [-0.25, -0.2) is 9.67 Å². The van der Waals surface area contributed by atoms with Crippen molar-refractivity contribution in [2.45, 2.75) is 18.2 Å². The first kappa shape index (κ1) is 15.7. The number of aromatic nitrogens is 3. The van der Waals surface area contributed by atoms with Crippen molar-refractivity contribution in [3.05, 3.63) is 83.4 Å².